The molecule has 178 valence electrons. The zero-order valence-corrected chi connectivity index (χ0v) is 21.1. The van der Waals surface area contributed by atoms with E-state index < -0.39 is 0 Å². The van der Waals surface area contributed by atoms with Crippen LogP contribution in [-0.4, -0.2) is 15.9 Å². The Morgan fingerprint density at radius 2 is 1.72 bits per heavy atom. The van der Waals surface area contributed by atoms with Crippen LogP contribution in [-0.2, 0) is 6.61 Å². The predicted molar refractivity (Wildman–Crippen MR) is 144 cm³/mol. The molecule has 0 fully saturated rings. The molecule has 0 spiro atoms. The Morgan fingerprint density at radius 1 is 1.00 bits per heavy atom. The molecular formula is C28H18BrClFN3O2. The lowest BCUT2D eigenvalue weighted by Crippen LogP contribution is -2.20. The fraction of sp³-hybridized carbons (Fsp3) is 0.0357. The maximum absolute atomic E-state index is 13.3. The summed E-state index contributed by atoms with van der Waals surface area (Å²) in [6, 6.07) is 26.1. The molecule has 0 aliphatic heterocycles. The van der Waals surface area contributed by atoms with Gasteiger partial charge in [-0.15, -0.1) is 0 Å². The zero-order valence-electron chi connectivity index (χ0n) is 18.7. The minimum absolute atomic E-state index is 0.227. The predicted octanol–water partition coefficient (Wildman–Crippen LogP) is 7.08. The third kappa shape index (κ3) is 5.08. The van der Waals surface area contributed by atoms with Crippen LogP contribution in [0.1, 0.15) is 11.1 Å². The molecule has 0 unspecified atom stereocenters. The van der Waals surface area contributed by atoms with Crippen molar-refractivity contribution in [3.05, 3.63) is 128 Å². The SMILES string of the molecule is O=c1c2ccccc2nc(-c2ccccc2)n1N=Cc1cc(Cl)c(OCc2ccc(F)cc2)c(Br)c1. The van der Waals surface area contributed by atoms with Crippen molar-refractivity contribution in [2.24, 2.45) is 5.10 Å². The second kappa shape index (κ2) is 10.4. The average molecular weight is 563 g/mol. The summed E-state index contributed by atoms with van der Waals surface area (Å²) >= 11 is 9.98. The fourth-order valence-corrected chi connectivity index (χ4v) is 4.65. The van der Waals surface area contributed by atoms with Gasteiger partial charge in [-0.05, 0) is 63.5 Å². The molecule has 0 atom stereocenters. The van der Waals surface area contributed by atoms with Crippen LogP contribution in [0.2, 0.25) is 5.02 Å². The smallest absolute Gasteiger partial charge is 0.282 e. The molecule has 0 aliphatic carbocycles. The first-order chi connectivity index (χ1) is 17.5. The maximum Gasteiger partial charge on any atom is 0.282 e. The minimum Gasteiger partial charge on any atom is -0.486 e. The number of para-hydroxylation sites is 1. The van der Waals surface area contributed by atoms with E-state index in [0.29, 0.717) is 37.5 Å². The molecule has 0 radical (unpaired) electrons. The largest absolute Gasteiger partial charge is 0.486 e. The fourth-order valence-electron chi connectivity index (χ4n) is 3.66. The van der Waals surface area contributed by atoms with Gasteiger partial charge in [-0.3, -0.25) is 4.79 Å². The summed E-state index contributed by atoms with van der Waals surface area (Å²) in [6.07, 6.45) is 1.55. The van der Waals surface area contributed by atoms with E-state index in [1.807, 2.05) is 36.4 Å². The highest BCUT2D eigenvalue weighted by molar-refractivity contribution is 9.10. The van der Waals surface area contributed by atoms with E-state index in [1.54, 1.807) is 48.7 Å². The minimum atomic E-state index is -0.308. The summed E-state index contributed by atoms with van der Waals surface area (Å²) in [5.74, 6) is 0.574. The molecule has 0 saturated heterocycles. The van der Waals surface area contributed by atoms with Crippen LogP contribution in [0.3, 0.4) is 0 Å². The Bertz CT molecular complexity index is 1610. The highest BCUT2D eigenvalue weighted by Crippen LogP contribution is 2.34. The molecular weight excluding hydrogens is 545 g/mol. The van der Waals surface area contributed by atoms with Crippen LogP contribution in [0.5, 0.6) is 5.75 Å². The molecule has 1 aromatic heterocycles. The highest BCUT2D eigenvalue weighted by Gasteiger charge is 2.13. The number of nitrogens with zero attached hydrogens (tertiary/aromatic N) is 3. The van der Waals surface area contributed by atoms with Crippen molar-refractivity contribution in [1.82, 2.24) is 9.66 Å². The number of benzene rings is 4. The van der Waals surface area contributed by atoms with E-state index in [0.717, 1.165) is 11.1 Å². The van der Waals surface area contributed by atoms with Crippen molar-refractivity contribution in [2.75, 3.05) is 0 Å². The summed E-state index contributed by atoms with van der Waals surface area (Å²) in [7, 11) is 0. The van der Waals surface area contributed by atoms with Crippen LogP contribution in [0, 0.1) is 5.82 Å². The third-order valence-corrected chi connectivity index (χ3v) is 6.29. The summed E-state index contributed by atoms with van der Waals surface area (Å²) in [5.41, 5.74) is 2.55. The van der Waals surface area contributed by atoms with Crippen molar-refractivity contribution < 1.29 is 9.13 Å². The van der Waals surface area contributed by atoms with E-state index in [1.165, 1.54) is 16.8 Å². The molecule has 0 N–H and O–H groups in total. The van der Waals surface area contributed by atoms with Gasteiger partial charge >= 0.3 is 0 Å². The Morgan fingerprint density at radius 3 is 2.47 bits per heavy atom. The van der Waals surface area contributed by atoms with Gasteiger partial charge in [-0.1, -0.05) is 66.2 Å². The van der Waals surface area contributed by atoms with E-state index in [9.17, 15) is 9.18 Å². The monoisotopic (exact) mass is 561 g/mol. The molecule has 0 bridgehead atoms. The first-order valence-electron chi connectivity index (χ1n) is 11.0. The van der Waals surface area contributed by atoms with Gasteiger partial charge in [-0.25, -0.2) is 9.37 Å². The molecule has 5 nitrogen and oxygen atoms in total. The number of fused-ring (bicyclic) bond motifs is 1. The first kappa shape index (κ1) is 23.9. The topological polar surface area (TPSA) is 56.5 Å². The van der Waals surface area contributed by atoms with Gasteiger partial charge in [0.2, 0.25) is 0 Å². The molecule has 1 heterocycles. The number of halogens is 3. The molecule has 0 amide bonds. The molecule has 5 rings (SSSR count). The van der Waals surface area contributed by atoms with Gasteiger partial charge < -0.3 is 4.74 Å². The highest BCUT2D eigenvalue weighted by atomic mass is 79.9. The lowest BCUT2D eigenvalue weighted by Gasteiger charge is -2.12. The van der Waals surface area contributed by atoms with Crippen molar-refractivity contribution in [3.8, 4) is 17.1 Å². The van der Waals surface area contributed by atoms with E-state index in [2.05, 4.69) is 21.0 Å². The Kier molecular flexibility index (Phi) is 6.93. The normalized spacial score (nSPS) is 11.3. The summed E-state index contributed by atoms with van der Waals surface area (Å²) in [5, 5.41) is 5.31. The van der Waals surface area contributed by atoms with Crippen LogP contribution in [0.25, 0.3) is 22.3 Å². The first-order valence-corrected chi connectivity index (χ1v) is 12.1. The summed E-state index contributed by atoms with van der Waals surface area (Å²) in [6.45, 7) is 0.227. The van der Waals surface area contributed by atoms with Gasteiger partial charge in [0.15, 0.2) is 11.6 Å². The maximum atomic E-state index is 13.3. The average Bonchev–Trinajstić information content (AvgIpc) is 2.89. The Hall–Kier alpha value is -3.81. The third-order valence-electron chi connectivity index (χ3n) is 5.43. The number of aromatic nitrogens is 2. The zero-order chi connectivity index (χ0) is 25.1. The molecule has 36 heavy (non-hydrogen) atoms. The van der Waals surface area contributed by atoms with E-state index >= 15 is 0 Å². The van der Waals surface area contributed by atoms with Crippen LogP contribution >= 0.6 is 27.5 Å². The molecule has 8 heteroatoms. The lowest BCUT2D eigenvalue weighted by molar-refractivity contribution is 0.304. The molecule has 0 saturated carbocycles. The number of hydrogen-bond acceptors (Lipinski definition) is 4. The van der Waals surface area contributed by atoms with Gasteiger partial charge in [0, 0.05) is 5.56 Å². The summed E-state index contributed by atoms with van der Waals surface area (Å²) in [4.78, 5) is 18.0. The number of ether oxygens (including phenoxy) is 1. The number of rotatable bonds is 6. The van der Waals surface area contributed by atoms with Crippen LogP contribution in [0.4, 0.5) is 4.39 Å². The van der Waals surface area contributed by atoms with Crippen molar-refractivity contribution in [3.63, 3.8) is 0 Å². The number of hydrogen-bond donors (Lipinski definition) is 0. The van der Waals surface area contributed by atoms with Crippen LogP contribution in [0.15, 0.2) is 105 Å². The Balaban J connectivity index is 1.49. The van der Waals surface area contributed by atoms with Crippen molar-refractivity contribution >= 4 is 44.6 Å². The van der Waals surface area contributed by atoms with E-state index in [-0.39, 0.29) is 18.0 Å². The standard InChI is InChI=1S/C28H18BrClFN3O2/c29-23-14-19(15-24(30)26(23)36-17-18-10-12-21(31)13-11-18)16-32-34-27(20-6-2-1-3-7-20)33-25-9-5-4-8-22(25)28(34)35/h1-16H,17H2. The summed E-state index contributed by atoms with van der Waals surface area (Å²) < 4.78 is 20.9. The quantitative estimate of drug-likeness (QED) is 0.208. The second-order valence-corrected chi connectivity index (χ2v) is 9.17. The van der Waals surface area contributed by atoms with Crippen molar-refractivity contribution in [1.29, 1.82) is 0 Å². The second-order valence-electron chi connectivity index (χ2n) is 7.91. The van der Waals surface area contributed by atoms with Gasteiger partial charge in [0.25, 0.3) is 5.56 Å². The van der Waals surface area contributed by atoms with Crippen molar-refractivity contribution in [2.45, 2.75) is 6.61 Å². The Labute approximate surface area is 219 Å². The van der Waals surface area contributed by atoms with Gasteiger partial charge in [0.05, 0.1) is 26.6 Å². The van der Waals surface area contributed by atoms with Gasteiger partial charge in [-0.2, -0.15) is 9.78 Å². The van der Waals surface area contributed by atoms with Gasteiger partial charge in [0.1, 0.15) is 12.4 Å². The molecule has 5 aromatic rings. The molecule has 4 aromatic carbocycles. The van der Waals surface area contributed by atoms with Crippen LogP contribution < -0.4 is 10.3 Å². The lowest BCUT2D eigenvalue weighted by atomic mass is 10.2. The molecule has 0 aliphatic rings. The van der Waals surface area contributed by atoms with E-state index in [4.69, 9.17) is 21.3 Å².